The Morgan fingerprint density at radius 3 is 3.00 bits per heavy atom. The van der Waals surface area contributed by atoms with Crippen LogP contribution in [0.5, 0.6) is 0 Å². The summed E-state index contributed by atoms with van der Waals surface area (Å²) in [5, 5.41) is 10.5. The summed E-state index contributed by atoms with van der Waals surface area (Å²) in [5.74, 6) is 0. The van der Waals surface area contributed by atoms with Gasteiger partial charge in [0.15, 0.2) is 0 Å². The molecule has 0 saturated heterocycles. The van der Waals surface area contributed by atoms with Crippen molar-refractivity contribution in [3.05, 3.63) is 12.5 Å². The molecular formula is C3H4N3S. The van der Waals surface area contributed by atoms with Crippen LogP contribution in [0.1, 0.15) is 0 Å². The molecule has 0 amide bonds. The second-order valence-electron chi connectivity index (χ2n) is 0.956. The van der Waals surface area contributed by atoms with Gasteiger partial charge in [0.05, 0.1) is 6.20 Å². The Hall–Kier alpha value is -0.510. The van der Waals surface area contributed by atoms with Crippen molar-refractivity contribution in [3.63, 3.8) is 0 Å². The van der Waals surface area contributed by atoms with E-state index in [2.05, 4.69) is 21.7 Å². The van der Waals surface area contributed by atoms with Crippen LogP contribution in [-0.2, 0) is 0 Å². The van der Waals surface area contributed by atoms with Gasteiger partial charge in [-0.1, -0.05) is 5.21 Å². The summed E-state index contributed by atoms with van der Waals surface area (Å²) in [5.41, 5.74) is 0. The van der Waals surface area contributed by atoms with Gasteiger partial charge in [-0.3, -0.25) is 5.10 Å². The second-order valence-corrected chi connectivity index (χ2v) is 1.66. The molecule has 1 heterocycles. The Morgan fingerprint density at radius 2 is 2.71 bits per heavy atom. The van der Waals surface area contributed by atoms with Gasteiger partial charge >= 0.3 is 0 Å². The molecule has 0 spiro atoms. The molecule has 0 aliphatic heterocycles. The van der Waals surface area contributed by atoms with Crippen molar-refractivity contribution in [2.75, 3.05) is 0 Å². The van der Waals surface area contributed by atoms with Gasteiger partial charge in [-0.25, -0.2) is 0 Å². The maximum absolute atomic E-state index is 3.63. The molecule has 37 valence electrons. The molecule has 0 atom stereocenters. The Labute approximate surface area is 45.5 Å². The summed E-state index contributed by atoms with van der Waals surface area (Å²) in [6, 6.07) is 0. The molecule has 0 aromatic carbocycles. The molecular weight excluding hydrogens is 110 g/mol. The van der Waals surface area contributed by atoms with Crippen molar-refractivity contribution in [1.82, 2.24) is 15.4 Å². The topological polar surface area (TPSA) is 41.6 Å². The van der Waals surface area contributed by atoms with E-state index in [0.717, 1.165) is 5.03 Å². The number of hydrogen-bond acceptors (Lipinski definition) is 3. The summed E-state index contributed by atoms with van der Waals surface area (Å²) in [6.07, 6.45) is 5.21. The van der Waals surface area contributed by atoms with Crippen molar-refractivity contribution in [1.29, 1.82) is 0 Å². The predicted molar refractivity (Wildman–Crippen MR) is 27.6 cm³/mol. The third-order valence-corrected chi connectivity index (χ3v) is 1.04. The van der Waals surface area contributed by atoms with E-state index >= 15 is 0 Å². The average molecular weight is 114 g/mol. The molecule has 1 rings (SSSR count). The second kappa shape index (κ2) is 1.97. The summed E-state index contributed by atoms with van der Waals surface area (Å²) in [7, 11) is 0. The molecule has 0 aliphatic rings. The Bertz CT molecular complexity index is 125. The van der Waals surface area contributed by atoms with Crippen LogP contribution < -0.4 is 0 Å². The minimum absolute atomic E-state index is 0.819. The zero-order valence-electron chi connectivity index (χ0n) is 3.59. The first-order valence-electron chi connectivity index (χ1n) is 1.72. The highest BCUT2D eigenvalue weighted by molar-refractivity contribution is 8.00. The molecule has 3 nitrogen and oxygen atoms in total. The number of hydrogen-bond donors (Lipinski definition) is 1. The van der Waals surface area contributed by atoms with E-state index in [-0.39, 0.29) is 0 Å². The highest BCUT2D eigenvalue weighted by atomic mass is 32.2. The monoisotopic (exact) mass is 114 g/mol. The van der Waals surface area contributed by atoms with E-state index in [1.165, 1.54) is 11.8 Å². The van der Waals surface area contributed by atoms with E-state index in [9.17, 15) is 0 Å². The number of aromatic nitrogens is 3. The largest absolute Gasteiger partial charge is 0.264 e. The standard InChI is InChI=1S/C3H4N3S/c1-7-3-2-4-6-5-3/h2H,1H2,(H,4,5,6). The Balaban J connectivity index is 2.76. The molecule has 0 saturated carbocycles. The molecule has 0 bridgehead atoms. The zero-order chi connectivity index (χ0) is 5.11. The van der Waals surface area contributed by atoms with Crippen LogP contribution in [0.15, 0.2) is 11.2 Å². The van der Waals surface area contributed by atoms with E-state index < -0.39 is 0 Å². The van der Waals surface area contributed by atoms with Crippen LogP contribution in [0, 0.1) is 6.26 Å². The van der Waals surface area contributed by atoms with Crippen LogP contribution in [-0.4, -0.2) is 15.4 Å². The van der Waals surface area contributed by atoms with Crippen molar-refractivity contribution in [2.45, 2.75) is 5.03 Å². The first kappa shape index (κ1) is 4.64. The molecule has 4 heteroatoms. The third-order valence-electron chi connectivity index (χ3n) is 0.542. The molecule has 0 aliphatic carbocycles. The number of nitrogens with one attached hydrogen (secondary N) is 1. The van der Waals surface area contributed by atoms with E-state index in [4.69, 9.17) is 0 Å². The SMILES string of the molecule is [CH2]Sc1c[nH]nn1. The molecule has 1 aromatic heterocycles. The maximum atomic E-state index is 3.63. The fraction of sp³-hybridized carbons (Fsp3) is 0. The summed E-state index contributed by atoms with van der Waals surface area (Å²) in [6.45, 7) is 0. The van der Waals surface area contributed by atoms with Gasteiger partial charge in [0.2, 0.25) is 0 Å². The van der Waals surface area contributed by atoms with Crippen LogP contribution in [0.2, 0.25) is 0 Å². The molecule has 7 heavy (non-hydrogen) atoms. The first-order valence-corrected chi connectivity index (χ1v) is 2.70. The van der Waals surface area contributed by atoms with Gasteiger partial charge < -0.3 is 0 Å². The first-order chi connectivity index (χ1) is 3.43. The highest BCUT2D eigenvalue weighted by Crippen LogP contribution is 2.07. The third kappa shape index (κ3) is 0.928. The maximum Gasteiger partial charge on any atom is 0.138 e. The van der Waals surface area contributed by atoms with Gasteiger partial charge in [-0.05, 0) is 0 Å². The molecule has 1 aromatic rings. The van der Waals surface area contributed by atoms with Crippen LogP contribution in [0.3, 0.4) is 0 Å². The normalized spacial score (nSPS) is 9.29. The summed E-state index contributed by atoms with van der Waals surface area (Å²) >= 11 is 1.32. The smallest absolute Gasteiger partial charge is 0.138 e. The molecule has 1 N–H and O–H groups in total. The number of H-pyrrole nitrogens is 1. The van der Waals surface area contributed by atoms with Crippen LogP contribution >= 0.6 is 11.8 Å². The van der Waals surface area contributed by atoms with Crippen LogP contribution in [0.4, 0.5) is 0 Å². The minimum atomic E-state index is 0.819. The Kier molecular flexibility index (Phi) is 1.31. The summed E-state index contributed by atoms with van der Waals surface area (Å²) < 4.78 is 0. The molecule has 1 radical (unpaired) electrons. The number of rotatable bonds is 1. The fourth-order valence-electron chi connectivity index (χ4n) is 0.262. The van der Waals surface area contributed by atoms with E-state index in [0.29, 0.717) is 0 Å². The van der Waals surface area contributed by atoms with Gasteiger partial charge in [-0.15, -0.1) is 16.9 Å². The van der Waals surface area contributed by atoms with Gasteiger partial charge in [0.25, 0.3) is 0 Å². The van der Waals surface area contributed by atoms with Crippen molar-refractivity contribution in [2.24, 2.45) is 0 Å². The van der Waals surface area contributed by atoms with Crippen molar-refractivity contribution < 1.29 is 0 Å². The number of thioether (sulfide) groups is 1. The lowest BCUT2D eigenvalue weighted by molar-refractivity contribution is 0.912. The quantitative estimate of drug-likeness (QED) is 0.546. The average Bonchev–Trinajstić information content (AvgIpc) is 2.14. The number of aromatic amines is 1. The minimum Gasteiger partial charge on any atom is -0.264 e. The summed E-state index contributed by atoms with van der Waals surface area (Å²) in [4.78, 5) is 0. The molecule has 0 unspecified atom stereocenters. The van der Waals surface area contributed by atoms with E-state index in [1.807, 2.05) is 0 Å². The number of nitrogens with zero attached hydrogens (tertiary/aromatic N) is 2. The Morgan fingerprint density at radius 1 is 1.86 bits per heavy atom. The van der Waals surface area contributed by atoms with Gasteiger partial charge in [0.1, 0.15) is 5.03 Å². The van der Waals surface area contributed by atoms with Gasteiger partial charge in [-0.2, -0.15) is 0 Å². The van der Waals surface area contributed by atoms with Gasteiger partial charge in [0, 0.05) is 6.26 Å². The van der Waals surface area contributed by atoms with Crippen molar-refractivity contribution >= 4 is 11.8 Å². The lowest BCUT2D eigenvalue weighted by Crippen LogP contribution is -1.65. The van der Waals surface area contributed by atoms with Crippen molar-refractivity contribution in [3.8, 4) is 0 Å². The zero-order valence-corrected chi connectivity index (χ0v) is 4.40. The van der Waals surface area contributed by atoms with E-state index in [1.54, 1.807) is 6.20 Å². The van der Waals surface area contributed by atoms with Crippen LogP contribution in [0.25, 0.3) is 0 Å². The lowest BCUT2D eigenvalue weighted by Gasteiger charge is -1.74. The lowest BCUT2D eigenvalue weighted by atomic mass is 11.0. The predicted octanol–water partition coefficient (Wildman–Crippen LogP) is 0.688. The highest BCUT2D eigenvalue weighted by Gasteiger charge is 1.85. The fourth-order valence-corrected chi connectivity index (χ4v) is 0.496. The molecule has 0 fully saturated rings.